The van der Waals surface area contributed by atoms with Crippen LogP contribution in [0.5, 0.6) is 5.75 Å². The van der Waals surface area contributed by atoms with E-state index < -0.39 is 0 Å². The van der Waals surface area contributed by atoms with Gasteiger partial charge in [0, 0.05) is 20.1 Å². The molecule has 2 aromatic rings. The summed E-state index contributed by atoms with van der Waals surface area (Å²) in [6.45, 7) is 3.29. The fourth-order valence-corrected chi connectivity index (χ4v) is 4.32. The number of carbonyl (C=O) groups is 3. The molecule has 0 bridgehead atoms. The van der Waals surface area contributed by atoms with Crippen LogP contribution in [0.15, 0.2) is 48.5 Å². The smallest absolute Gasteiger partial charge is 0.240 e. The molecule has 38 heavy (non-hydrogen) atoms. The molecule has 8 nitrogen and oxygen atoms in total. The summed E-state index contributed by atoms with van der Waals surface area (Å²) in [5.41, 5.74) is 2.18. The maximum atomic E-state index is 12.9. The molecule has 3 N–H and O–H groups in total. The van der Waals surface area contributed by atoms with E-state index in [2.05, 4.69) is 16.0 Å². The van der Waals surface area contributed by atoms with E-state index in [1.165, 1.54) is 17.0 Å². The number of aryl methyl sites for hydroxylation is 2. The summed E-state index contributed by atoms with van der Waals surface area (Å²) in [6.07, 6.45) is 4.70. The van der Waals surface area contributed by atoms with E-state index in [1.54, 1.807) is 19.2 Å². The second-order valence-corrected chi connectivity index (χ2v) is 9.80. The van der Waals surface area contributed by atoms with Crippen LogP contribution in [0, 0.1) is 18.7 Å². The minimum atomic E-state index is -0.341. The quantitative estimate of drug-likeness (QED) is 0.531. The van der Waals surface area contributed by atoms with E-state index in [4.69, 9.17) is 4.74 Å². The van der Waals surface area contributed by atoms with Gasteiger partial charge < -0.3 is 25.6 Å². The molecular formula is C29H39FN4O4. The SMILES string of the molecule is CN1CC(=O)NCC(=O)NCCCc2ccccc2OCCNC(C2CCC2)C1=O.Cc1ccc(F)cc1. The molecule has 9 heteroatoms. The Balaban J connectivity index is 0.000000427. The van der Waals surface area contributed by atoms with Gasteiger partial charge in [0.25, 0.3) is 0 Å². The van der Waals surface area contributed by atoms with Gasteiger partial charge in [0.1, 0.15) is 18.2 Å². The zero-order valence-corrected chi connectivity index (χ0v) is 22.3. The Labute approximate surface area is 224 Å². The Bertz CT molecular complexity index is 1040. The van der Waals surface area contributed by atoms with Crippen LogP contribution < -0.4 is 20.7 Å². The van der Waals surface area contributed by atoms with Crippen molar-refractivity contribution in [1.29, 1.82) is 0 Å². The monoisotopic (exact) mass is 526 g/mol. The molecule has 1 saturated carbocycles. The van der Waals surface area contributed by atoms with E-state index in [1.807, 2.05) is 31.2 Å². The van der Waals surface area contributed by atoms with E-state index >= 15 is 0 Å². The van der Waals surface area contributed by atoms with Gasteiger partial charge in [-0.25, -0.2) is 4.39 Å². The first-order valence-corrected chi connectivity index (χ1v) is 13.3. The topological polar surface area (TPSA) is 99.8 Å². The molecule has 0 aromatic heterocycles. The number of rotatable bonds is 1. The molecule has 1 heterocycles. The summed E-state index contributed by atoms with van der Waals surface area (Å²) in [5, 5.41) is 8.75. The first-order chi connectivity index (χ1) is 18.3. The third-order valence-electron chi connectivity index (χ3n) is 6.74. The Morgan fingerprint density at radius 1 is 0.921 bits per heavy atom. The molecule has 1 aliphatic carbocycles. The van der Waals surface area contributed by atoms with Crippen molar-refractivity contribution in [1.82, 2.24) is 20.9 Å². The van der Waals surface area contributed by atoms with Crippen LogP contribution in [0.25, 0.3) is 0 Å². The first kappa shape index (κ1) is 29.1. The number of nitrogens with zero attached hydrogens (tertiary/aromatic N) is 1. The normalized spacial score (nSPS) is 20.2. The summed E-state index contributed by atoms with van der Waals surface area (Å²) in [4.78, 5) is 38.5. The van der Waals surface area contributed by atoms with Gasteiger partial charge >= 0.3 is 0 Å². The number of hydrogen-bond acceptors (Lipinski definition) is 5. The number of para-hydroxylation sites is 1. The number of carbonyl (C=O) groups excluding carboxylic acids is 3. The molecule has 2 aliphatic rings. The molecule has 1 aliphatic heterocycles. The van der Waals surface area contributed by atoms with E-state index in [0.29, 0.717) is 19.7 Å². The predicted molar refractivity (Wildman–Crippen MR) is 144 cm³/mol. The molecular weight excluding hydrogens is 487 g/mol. The van der Waals surface area contributed by atoms with Crippen LogP contribution in [0.3, 0.4) is 0 Å². The molecule has 2 aromatic carbocycles. The second-order valence-electron chi connectivity index (χ2n) is 9.80. The van der Waals surface area contributed by atoms with E-state index in [-0.39, 0.29) is 48.6 Å². The number of halogens is 1. The summed E-state index contributed by atoms with van der Waals surface area (Å²) in [5.74, 6) is 0.273. The fourth-order valence-electron chi connectivity index (χ4n) is 4.32. The van der Waals surface area contributed by atoms with Crippen LogP contribution in [0.4, 0.5) is 4.39 Å². The third-order valence-corrected chi connectivity index (χ3v) is 6.74. The van der Waals surface area contributed by atoms with E-state index in [9.17, 15) is 18.8 Å². The number of benzene rings is 2. The molecule has 1 fully saturated rings. The molecule has 1 unspecified atom stereocenters. The third kappa shape index (κ3) is 9.45. The molecule has 0 radical (unpaired) electrons. The zero-order valence-electron chi connectivity index (χ0n) is 22.3. The van der Waals surface area contributed by atoms with Crippen LogP contribution in [0.2, 0.25) is 0 Å². The Morgan fingerprint density at radius 3 is 2.34 bits per heavy atom. The number of nitrogens with one attached hydrogen (secondary N) is 3. The summed E-state index contributed by atoms with van der Waals surface area (Å²) < 4.78 is 18.1. The highest BCUT2D eigenvalue weighted by atomic mass is 19.1. The number of amides is 3. The zero-order chi connectivity index (χ0) is 27.3. The van der Waals surface area contributed by atoms with Crippen LogP contribution >= 0.6 is 0 Å². The highest BCUT2D eigenvalue weighted by Gasteiger charge is 2.34. The van der Waals surface area contributed by atoms with Crippen LogP contribution in [-0.2, 0) is 20.8 Å². The average Bonchev–Trinajstić information content (AvgIpc) is 2.88. The van der Waals surface area contributed by atoms with E-state index in [0.717, 1.165) is 49.0 Å². The molecule has 0 spiro atoms. The predicted octanol–water partition coefficient (Wildman–Crippen LogP) is 2.59. The van der Waals surface area contributed by atoms with Crippen LogP contribution in [0.1, 0.15) is 36.8 Å². The maximum absolute atomic E-state index is 12.9. The lowest BCUT2D eigenvalue weighted by atomic mass is 9.79. The van der Waals surface area contributed by atoms with Crippen molar-refractivity contribution in [2.24, 2.45) is 5.92 Å². The van der Waals surface area contributed by atoms with Gasteiger partial charge in [0.05, 0.1) is 19.1 Å². The summed E-state index contributed by atoms with van der Waals surface area (Å²) in [7, 11) is 1.63. The van der Waals surface area contributed by atoms with Gasteiger partial charge in [-0.15, -0.1) is 0 Å². The van der Waals surface area contributed by atoms with Crippen molar-refractivity contribution in [3.8, 4) is 5.75 Å². The van der Waals surface area contributed by atoms with Crippen molar-refractivity contribution >= 4 is 17.7 Å². The molecule has 0 saturated heterocycles. The van der Waals surface area contributed by atoms with Crippen molar-refractivity contribution in [2.75, 3.05) is 39.8 Å². The number of likely N-dealkylation sites (N-methyl/N-ethyl adjacent to an activating group) is 1. The summed E-state index contributed by atoms with van der Waals surface area (Å²) >= 11 is 0. The lowest BCUT2D eigenvalue weighted by Gasteiger charge is -2.35. The Morgan fingerprint density at radius 2 is 1.66 bits per heavy atom. The second kappa shape index (κ2) is 15.1. The highest BCUT2D eigenvalue weighted by molar-refractivity contribution is 5.89. The maximum Gasteiger partial charge on any atom is 0.240 e. The Kier molecular flexibility index (Phi) is 11.5. The minimum absolute atomic E-state index is 0.0686. The molecule has 3 amide bonds. The van der Waals surface area contributed by atoms with Crippen LogP contribution in [-0.4, -0.2) is 68.5 Å². The van der Waals surface area contributed by atoms with Crippen molar-refractivity contribution in [2.45, 2.75) is 45.1 Å². The number of fused-ring (bicyclic) bond motifs is 1. The van der Waals surface area contributed by atoms with Gasteiger partial charge in [-0.3, -0.25) is 14.4 Å². The van der Waals surface area contributed by atoms with Gasteiger partial charge in [-0.1, -0.05) is 42.3 Å². The lowest BCUT2D eigenvalue weighted by Crippen LogP contribution is -2.53. The largest absolute Gasteiger partial charge is 0.492 e. The molecule has 1 atom stereocenters. The Hall–Kier alpha value is -3.46. The minimum Gasteiger partial charge on any atom is -0.492 e. The van der Waals surface area contributed by atoms with Crippen molar-refractivity contribution in [3.63, 3.8) is 0 Å². The summed E-state index contributed by atoms with van der Waals surface area (Å²) in [6, 6.07) is 14.0. The van der Waals surface area contributed by atoms with Gasteiger partial charge in [-0.2, -0.15) is 0 Å². The van der Waals surface area contributed by atoms with Crippen molar-refractivity contribution in [3.05, 3.63) is 65.5 Å². The first-order valence-electron chi connectivity index (χ1n) is 13.3. The standard InChI is InChI=1S/C22H32N4O4.C7H7F/c1-26-15-20(28)25-14-19(27)23-11-5-9-16-6-2-3-10-18(16)30-13-12-24-21(22(26)29)17-7-4-8-17;1-6-2-4-7(8)5-3-6/h2-3,6,10,17,21,24H,4-5,7-9,11-15H2,1H3,(H,23,27)(H,25,28);2-5H,1H3. The van der Waals surface area contributed by atoms with Crippen molar-refractivity contribution < 1.29 is 23.5 Å². The molecule has 4 rings (SSSR count). The van der Waals surface area contributed by atoms with Gasteiger partial charge in [-0.05, 0) is 62.3 Å². The molecule has 206 valence electrons. The lowest BCUT2D eigenvalue weighted by molar-refractivity contribution is -0.138. The van der Waals surface area contributed by atoms with Gasteiger partial charge in [0.2, 0.25) is 17.7 Å². The highest BCUT2D eigenvalue weighted by Crippen LogP contribution is 2.30. The average molecular weight is 527 g/mol. The fraction of sp³-hybridized carbons (Fsp3) is 0.483. The number of hydrogen-bond donors (Lipinski definition) is 3. The number of ether oxygens (including phenoxy) is 1. The van der Waals surface area contributed by atoms with Gasteiger partial charge in [0.15, 0.2) is 0 Å².